The van der Waals surface area contributed by atoms with E-state index in [1.54, 1.807) is 0 Å². The third-order valence-corrected chi connectivity index (χ3v) is 3.32. The van der Waals surface area contributed by atoms with Gasteiger partial charge < -0.3 is 0 Å². The molecule has 0 heterocycles. The molecule has 0 saturated heterocycles. The minimum Gasteiger partial charge on any atom is -0.299 e. The quantitative estimate of drug-likeness (QED) is 0.475. The molecule has 0 unspecified atom stereocenters. The fraction of sp³-hybridized carbons (Fsp3) is 0.400. The smallest absolute Gasteiger partial charge is 0.176 e. The minimum atomic E-state index is 0.0976. The van der Waals surface area contributed by atoms with E-state index in [1.807, 2.05) is 12.1 Å². The maximum Gasteiger partial charge on any atom is 0.176 e. The van der Waals surface area contributed by atoms with Gasteiger partial charge in [0, 0.05) is 5.56 Å². The van der Waals surface area contributed by atoms with Gasteiger partial charge in [-0.05, 0) is 24.3 Å². The van der Waals surface area contributed by atoms with E-state index in [4.69, 9.17) is 6.42 Å². The fourth-order valence-corrected chi connectivity index (χ4v) is 2.03. The van der Waals surface area contributed by atoms with Gasteiger partial charge in [-0.1, -0.05) is 36.6 Å². The molecule has 1 aromatic carbocycles. The van der Waals surface area contributed by atoms with E-state index in [0.717, 1.165) is 11.5 Å². The normalized spacial score (nSPS) is 15.0. The summed E-state index contributed by atoms with van der Waals surface area (Å²) >= 11 is 0. The predicted octanol–water partition coefficient (Wildman–Crippen LogP) is 2.36. The van der Waals surface area contributed by atoms with Gasteiger partial charge in [0.05, 0.1) is 13.1 Å². The second kappa shape index (κ2) is 5.65. The summed E-state index contributed by atoms with van der Waals surface area (Å²) in [5.74, 6) is 3.27. The van der Waals surface area contributed by atoms with Crippen LogP contribution in [-0.2, 0) is 0 Å². The summed E-state index contributed by atoms with van der Waals surface area (Å²) in [6.45, 7) is 0.749. The molecule has 1 aliphatic carbocycles. The molecule has 0 aliphatic heterocycles. The molecular weight excluding hydrogens is 210 g/mol. The lowest BCUT2D eigenvalue weighted by atomic mass is 9.80. The van der Waals surface area contributed by atoms with E-state index in [0.29, 0.717) is 13.1 Å². The van der Waals surface area contributed by atoms with Crippen LogP contribution in [0, 0.1) is 12.3 Å². The van der Waals surface area contributed by atoms with Gasteiger partial charge in [-0.3, -0.25) is 10.1 Å². The Hall–Kier alpha value is -1.59. The first-order valence-electron chi connectivity index (χ1n) is 6.08. The number of Topliss-reactive ketones (excluding diaryl/α,β-unsaturated/α-hetero) is 1. The number of terminal acetylenes is 1. The van der Waals surface area contributed by atoms with Crippen LogP contribution in [0.3, 0.4) is 0 Å². The average molecular weight is 227 g/mol. The van der Waals surface area contributed by atoms with Gasteiger partial charge in [0.1, 0.15) is 0 Å². The number of nitrogens with one attached hydrogen (secondary N) is 1. The third kappa shape index (κ3) is 2.95. The van der Waals surface area contributed by atoms with Crippen LogP contribution < -0.4 is 5.32 Å². The predicted molar refractivity (Wildman–Crippen MR) is 69.1 cm³/mol. The van der Waals surface area contributed by atoms with Crippen LogP contribution in [-0.4, -0.2) is 18.9 Å². The van der Waals surface area contributed by atoms with Crippen molar-refractivity contribution in [3.8, 4) is 12.3 Å². The molecule has 1 N–H and O–H groups in total. The van der Waals surface area contributed by atoms with Crippen LogP contribution in [0.1, 0.15) is 41.1 Å². The van der Waals surface area contributed by atoms with Crippen LogP contribution in [0.2, 0.25) is 0 Å². The molecular formula is C15H17NO. The third-order valence-electron chi connectivity index (χ3n) is 3.32. The highest BCUT2D eigenvalue weighted by atomic mass is 16.1. The van der Waals surface area contributed by atoms with Crippen molar-refractivity contribution < 1.29 is 4.79 Å². The zero-order valence-corrected chi connectivity index (χ0v) is 9.91. The molecule has 2 rings (SSSR count). The highest BCUT2D eigenvalue weighted by Gasteiger charge is 2.19. The molecule has 17 heavy (non-hydrogen) atoms. The van der Waals surface area contributed by atoms with Crippen molar-refractivity contribution in [1.29, 1.82) is 0 Å². The number of ketones is 1. The number of carbonyl (C=O) groups excluding carboxylic acids is 1. The van der Waals surface area contributed by atoms with Gasteiger partial charge >= 0.3 is 0 Å². The Morgan fingerprint density at radius 3 is 2.59 bits per heavy atom. The Morgan fingerprint density at radius 2 is 2.06 bits per heavy atom. The summed E-state index contributed by atoms with van der Waals surface area (Å²) in [5.41, 5.74) is 2.13. The molecule has 88 valence electrons. The van der Waals surface area contributed by atoms with E-state index in [2.05, 4.69) is 23.4 Å². The summed E-state index contributed by atoms with van der Waals surface area (Å²) in [5, 5.41) is 2.91. The molecule has 0 bridgehead atoms. The van der Waals surface area contributed by atoms with Crippen molar-refractivity contribution in [2.24, 2.45) is 0 Å². The molecule has 2 nitrogen and oxygen atoms in total. The van der Waals surface area contributed by atoms with Crippen molar-refractivity contribution in [2.45, 2.75) is 25.2 Å². The first-order valence-corrected chi connectivity index (χ1v) is 6.08. The van der Waals surface area contributed by atoms with Crippen molar-refractivity contribution >= 4 is 5.78 Å². The maximum atomic E-state index is 11.8. The van der Waals surface area contributed by atoms with Crippen molar-refractivity contribution in [2.75, 3.05) is 13.1 Å². The Morgan fingerprint density at radius 1 is 1.35 bits per heavy atom. The molecule has 0 aromatic heterocycles. The number of benzene rings is 1. The van der Waals surface area contributed by atoms with E-state index >= 15 is 0 Å². The SMILES string of the molecule is C#CCNCC(=O)c1ccc(C2CCC2)cc1. The molecule has 0 spiro atoms. The lowest BCUT2D eigenvalue weighted by molar-refractivity contribution is 0.0992. The largest absolute Gasteiger partial charge is 0.299 e. The van der Waals surface area contributed by atoms with Gasteiger partial charge in [-0.2, -0.15) is 0 Å². The second-order valence-electron chi connectivity index (χ2n) is 4.48. The molecule has 0 radical (unpaired) electrons. The molecule has 1 saturated carbocycles. The zero-order valence-electron chi connectivity index (χ0n) is 9.91. The van der Waals surface area contributed by atoms with Crippen molar-refractivity contribution in [3.63, 3.8) is 0 Å². The van der Waals surface area contributed by atoms with Crippen LogP contribution in [0.15, 0.2) is 24.3 Å². The maximum absolute atomic E-state index is 11.8. The van der Waals surface area contributed by atoms with Crippen LogP contribution in [0.4, 0.5) is 0 Å². The summed E-state index contributed by atoms with van der Waals surface area (Å²) in [6.07, 6.45) is 9.02. The summed E-state index contributed by atoms with van der Waals surface area (Å²) in [7, 11) is 0. The van der Waals surface area contributed by atoms with Crippen molar-refractivity contribution in [3.05, 3.63) is 35.4 Å². The lowest BCUT2D eigenvalue weighted by Crippen LogP contribution is -2.23. The molecule has 1 aromatic rings. The number of rotatable bonds is 5. The summed E-state index contributed by atoms with van der Waals surface area (Å²) < 4.78 is 0. The Labute approximate surface area is 102 Å². The average Bonchev–Trinajstić information content (AvgIpc) is 2.28. The van der Waals surface area contributed by atoms with Crippen molar-refractivity contribution in [1.82, 2.24) is 5.32 Å². The standard InChI is InChI=1S/C15H17NO/c1-2-10-16-11-15(17)14-8-6-13(7-9-14)12-4-3-5-12/h1,6-9,12,16H,3-5,10-11H2. The highest BCUT2D eigenvalue weighted by Crippen LogP contribution is 2.36. The second-order valence-corrected chi connectivity index (χ2v) is 4.48. The van der Waals surface area contributed by atoms with E-state index in [9.17, 15) is 4.79 Å². The molecule has 0 atom stereocenters. The van der Waals surface area contributed by atoms with E-state index in [-0.39, 0.29) is 5.78 Å². The van der Waals surface area contributed by atoms with Gasteiger partial charge in [0.2, 0.25) is 0 Å². The monoisotopic (exact) mass is 227 g/mol. The first-order chi connectivity index (χ1) is 8.31. The number of carbonyl (C=O) groups is 1. The highest BCUT2D eigenvalue weighted by molar-refractivity contribution is 5.97. The van der Waals surface area contributed by atoms with Crippen LogP contribution >= 0.6 is 0 Å². The lowest BCUT2D eigenvalue weighted by Gasteiger charge is -2.25. The Bertz CT molecular complexity index is 423. The summed E-state index contributed by atoms with van der Waals surface area (Å²) in [4.78, 5) is 11.8. The van der Waals surface area contributed by atoms with Gasteiger partial charge in [0.25, 0.3) is 0 Å². The zero-order chi connectivity index (χ0) is 12.1. The topological polar surface area (TPSA) is 29.1 Å². The van der Waals surface area contributed by atoms with Crippen LogP contribution in [0.25, 0.3) is 0 Å². The Balaban J connectivity index is 1.92. The molecule has 0 amide bonds. The Kier molecular flexibility index (Phi) is 3.95. The fourth-order valence-electron chi connectivity index (χ4n) is 2.03. The summed E-state index contributed by atoms with van der Waals surface area (Å²) in [6, 6.07) is 8.01. The van der Waals surface area contributed by atoms with Crippen LogP contribution in [0.5, 0.6) is 0 Å². The number of hydrogen-bond acceptors (Lipinski definition) is 2. The molecule has 2 heteroatoms. The molecule has 1 fully saturated rings. The minimum absolute atomic E-state index is 0.0976. The number of hydrogen-bond donors (Lipinski definition) is 1. The van der Waals surface area contributed by atoms with Gasteiger partial charge in [0.15, 0.2) is 5.78 Å². The van der Waals surface area contributed by atoms with Gasteiger partial charge in [-0.15, -0.1) is 6.42 Å². The first kappa shape index (κ1) is 11.9. The van der Waals surface area contributed by atoms with E-state index < -0.39 is 0 Å². The van der Waals surface area contributed by atoms with Gasteiger partial charge in [-0.25, -0.2) is 0 Å². The molecule has 1 aliphatic rings. The van der Waals surface area contributed by atoms with E-state index in [1.165, 1.54) is 24.8 Å².